The third-order valence-corrected chi connectivity index (χ3v) is 3.22. The van der Waals surface area contributed by atoms with E-state index in [9.17, 15) is 4.39 Å². The molecule has 5 heteroatoms. The normalized spacial score (nSPS) is 10.6. The van der Waals surface area contributed by atoms with E-state index in [1.165, 1.54) is 12.1 Å². The van der Waals surface area contributed by atoms with E-state index >= 15 is 0 Å². The lowest BCUT2D eigenvalue weighted by atomic mass is 9.99. The Morgan fingerprint density at radius 3 is 2.71 bits per heavy atom. The summed E-state index contributed by atoms with van der Waals surface area (Å²) in [5.74, 6) is -0.160. The molecule has 0 aliphatic heterocycles. The van der Waals surface area contributed by atoms with Crippen molar-refractivity contribution in [3.63, 3.8) is 0 Å². The molecule has 0 amide bonds. The molecule has 1 aromatic carbocycles. The second kappa shape index (κ2) is 5.28. The Morgan fingerprint density at radius 1 is 1.10 bits per heavy atom. The third-order valence-electron chi connectivity index (χ3n) is 3.22. The summed E-state index contributed by atoms with van der Waals surface area (Å²) in [6, 6.07) is 8.15. The standard InChI is InChI=1S/C16H13FN4/c1-10-8-19-6-5-13(10)14-9-20-16(18)21-15(14)11-3-2-4-12(17)7-11/h2-9H,1H3,(H2,18,20,21). The van der Waals surface area contributed by atoms with E-state index in [1.54, 1.807) is 30.7 Å². The molecule has 3 rings (SSSR count). The molecule has 2 aromatic heterocycles. The fourth-order valence-corrected chi connectivity index (χ4v) is 2.22. The van der Waals surface area contributed by atoms with Crippen LogP contribution in [0.3, 0.4) is 0 Å². The van der Waals surface area contributed by atoms with Crippen LogP contribution in [0.5, 0.6) is 0 Å². The molecule has 0 aliphatic rings. The topological polar surface area (TPSA) is 64.7 Å². The van der Waals surface area contributed by atoms with Crippen LogP contribution in [-0.4, -0.2) is 15.0 Å². The molecule has 0 fully saturated rings. The van der Waals surface area contributed by atoms with Gasteiger partial charge in [-0.25, -0.2) is 14.4 Å². The molecule has 0 radical (unpaired) electrons. The minimum atomic E-state index is -0.318. The number of anilines is 1. The molecular formula is C16H13FN4. The van der Waals surface area contributed by atoms with Gasteiger partial charge in [-0.3, -0.25) is 4.98 Å². The Balaban J connectivity index is 2.25. The van der Waals surface area contributed by atoms with Crippen molar-refractivity contribution in [1.82, 2.24) is 15.0 Å². The van der Waals surface area contributed by atoms with Crippen LogP contribution in [0.1, 0.15) is 5.56 Å². The molecule has 2 heterocycles. The zero-order valence-corrected chi connectivity index (χ0v) is 11.4. The Kier molecular flexibility index (Phi) is 3.31. The molecule has 0 unspecified atom stereocenters. The van der Waals surface area contributed by atoms with Crippen molar-refractivity contribution in [2.45, 2.75) is 6.92 Å². The first-order valence-electron chi connectivity index (χ1n) is 6.44. The van der Waals surface area contributed by atoms with E-state index in [0.29, 0.717) is 11.3 Å². The highest BCUT2D eigenvalue weighted by Gasteiger charge is 2.13. The van der Waals surface area contributed by atoms with Crippen molar-refractivity contribution in [3.05, 3.63) is 60.3 Å². The van der Waals surface area contributed by atoms with Gasteiger partial charge in [-0.1, -0.05) is 12.1 Å². The number of pyridine rings is 1. The number of hydrogen-bond acceptors (Lipinski definition) is 4. The number of benzene rings is 1. The number of aryl methyl sites for hydroxylation is 1. The van der Waals surface area contributed by atoms with Crippen LogP contribution in [0.2, 0.25) is 0 Å². The summed E-state index contributed by atoms with van der Waals surface area (Å²) in [5, 5.41) is 0. The molecule has 0 atom stereocenters. The number of nitrogen functional groups attached to an aromatic ring is 1. The van der Waals surface area contributed by atoms with Gasteiger partial charge >= 0.3 is 0 Å². The predicted molar refractivity (Wildman–Crippen MR) is 79.8 cm³/mol. The Labute approximate surface area is 121 Å². The van der Waals surface area contributed by atoms with E-state index in [4.69, 9.17) is 5.73 Å². The van der Waals surface area contributed by atoms with Crippen LogP contribution < -0.4 is 5.73 Å². The number of nitrogens with zero attached hydrogens (tertiary/aromatic N) is 3. The number of halogens is 1. The highest BCUT2D eigenvalue weighted by atomic mass is 19.1. The van der Waals surface area contributed by atoms with Crippen molar-refractivity contribution < 1.29 is 4.39 Å². The van der Waals surface area contributed by atoms with E-state index < -0.39 is 0 Å². The Morgan fingerprint density at radius 2 is 1.95 bits per heavy atom. The fraction of sp³-hybridized carbons (Fsp3) is 0.0625. The minimum Gasteiger partial charge on any atom is -0.368 e. The van der Waals surface area contributed by atoms with Gasteiger partial charge in [-0.15, -0.1) is 0 Å². The second-order valence-electron chi connectivity index (χ2n) is 4.69. The van der Waals surface area contributed by atoms with Gasteiger partial charge in [0, 0.05) is 29.7 Å². The van der Waals surface area contributed by atoms with Crippen molar-refractivity contribution in [1.29, 1.82) is 0 Å². The molecule has 0 spiro atoms. The van der Waals surface area contributed by atoms with Gasteiger partial charge < -0.3 is 5.73 Å². The first kappa shape index (κ1) is 13.2. The molecule has 0 aliphatic carbocycles. The fourth-order valence-electron chi connectivity index (χ4n) is 2.22. The van der Waals surface area contributed by atoms with Crippen LogP contribution in [0.25, 0.3) is 22.4 Å². The van der Waals surface area contributed by atoms with E-state index in [1.807, 2.05) is 13.0 Å². The largest absolute Gasteiger partial charge is 0.368 e. The SMILES string of the molecule is Cc1cnccc1-c1cnc(N)nc1-c1cccc(F)c1. The molecule has 0 saturated carbocycles. The number of rotatable bonds is 2. The molecule has 2 N–H and O–H groups in total. The summed E-state index contributed by atoms with van der Waals surface area (Å²) in [4.78, 5) is 12.4. The van der Waals surface area contributed by atoms with Crippen LogP contribution in [0.4, 0.5) is 10.3 Å². The summed E-state index contributed by atoms with van der Waals surface area (Å²) >= 11 is 0. The first-order valence-corrected chi connectivity index (χ1v) is 6.44. The van der Waals surface area contributed by atoms with E-state index in [-0.39, 0.29) is 11.8 Å². The summed E-state index contributed by atoms with van der Waals surface area (Å²) in [6.45, 7) is 1.95. The van der Waals surface area contributed by atoms with Crippen molar-refractivity contribution in [2.75, 3.05) is 5.73 Å². The molecule has 21 heavy (non-hydrogen) atoms. The molecule has 3 aromatic rings. The number of hydrogen-bond donors (Lipinski definition) is 1. The van der Waals surface area contributed by atoms with Crippen molar-refractivity contribution >= 4 is 5.95 Å². The second-order valence-corrected chi connectivity index (χ2v) is 4.69. The lowest BCUT2D eigenvalue weighted by Crippen LogP contribution is -1.99. The lowest BCUT2D eigenvalue weighted by molar-refractivity contribution is 0.628. The molecule has 0 bridgehead atoms. The lowest BCUT2D eigenvalue weighted by Gasteiger charge is -2.11. The molecular weight excluding hydrogens is 267 g/mol. The molecule has 104 valence electrons. The van der Waals surface area contributed by atoms with Gasteiger partial charge in [0.25, 0.3) is 0 Å². The number of nitrogens with two attached hydrogens (primary N) is 1. The van der Waals surface area contributed by atoms with Gasteiger partial charge in [0.05, 0.1) is 5.69 Å². The van der Waals surface area contributed by atoms with Gasteiger partial charge in [-0.2, -0.15) is 0 Å². The summed E-state index contributed by atoms with van der Waals surface area (Å²) in [7, 11) is 0. The zero-order chi connectivity index (χ0) is 14.8. The molecule has 0 saturated heterocycles. The highest BCUT2D eigenvalue weighted by molar-refractivity contribution is 5.81. The predicted octanol–water partition coefficient (Wildman–Crippen LogP) is 3.24. The Bertz CT molecular complexity index is 802. The highest BCUT2D eigenvalue weighted by Crippen LogP contribution is 2.32. The van der Waals surface area contributed by atoms with Gasteiger partial charge in [0.15, 0.2) is 0 Å². The minimum absolute atomic E-state index is 0.157. The zero-order valence-electron chi connectivity index (χ0n) is 11.4. The van der Waals surface area contributed by atoms with Gasteiger partial charge in [0.1, 0.15) is 5.82 Å². The molecule has 4 nitrogen and oxygen atoms in total. The summed E-state index contributed by atoms with van der Waals surface area (Å²) < 4.78 is 13.5. The monoisotopic (exact) mass is 280 g/mol. The summed E-state index contributed by atoms with van der Waals surface area (Å²) in [6.07, 6.45) is 5.12. The van der Waals surface area contributed by atoms with Crippen LogP contribution >= 0.6 is 0 Å². The Hall–Kier alpha value is -2.82. The quantitative estimate of drug-likeness (QED) is 0.782. The average Bonchev–Trinajstić information content (AvgIpc) is 2.48. The van der Waals surface area contributed by atoms with Crippen LogP contribution in [0, 0.1) is 12.7 Å². The van der Waals surface area contributed by atoms with E-state index in [0.717, 1.165) is 16.7 Å². The van der Waals surface area contributed by atoms with Gasteiger partial charge in [0.2, 0.25) is 5.95 Å². The van der Waals surface area contributed by atoms with Gasteiger partial charge in [-0.05, 0) is 36.2 Å². The number of aromatic nitrogens is 3. The maximum absolute atomic E-state index is 13.5. The van der Waals surface area contributed by atoms with E-state index in [2.05, 4.69) is 15.0 Å². The van der Waals surface area contributed by atoms with Crippen LogP contribution in [0.15, 0.2) is 48.9 Å². The van der Waals surface area contributed by atoms with Crippen LogP contribution in [-0.2, 0) is 0 Å². The maximum atomic E-state index is 13.5. The van der Waals surface area contributed by atoms with Crippen molar-refractivity contribution in [3.8, 4) is 22.4 Å². The first-order chi connectivity index (χ1) is 10.1. The third kappa shape index (κ3) is 2.58. The summed E-state index contributed by atoms with van der Waals surface area (Å²) in [5.41, 5.74) is 9.70. The maximum Gasteiger partial charge on any atom is 0.220 e. The van der Waals surface area contributed by atoms with Crippen molar-refractivity contribution in [2.24, 2.45) is 0 Å². The average molecular weight is 280 g/mol. The smallest absolute Gasteiger partial charge is 0.220 e.